The molecule has 12 nitrogen and oxygen atoms in total. The van der Waals surface area contributed by atoms with Gasteiger partial charge in [0.2, 0.25) is 5.91 Å². The predicted molar refractivity (Wildman–Crippen MR) is 134 cm³/mol. The number of likely N-dealkylation sites (N-methyl/N-ethyl adjacent to an activating group) is 1. The minimum atomic E-state index is -2.49. The van der Waals surface area contributed by atoms with Crippen molar-refractivity contribution in [3.05, 3.63) is 60.2 Å². The average Bonchev–Trinajstić information content (AvgIpc) is 3.40. The van der Waals surface area contributed by atoms with E-state index in [0.717, 1.165) is 5.56 Å². The molecule has 3 N–H and O–H groups in total. The van der Waals surface area contributed by atoms with Crippen LogP contribution in [0.3, 0.4) is 0 Å². The first-order valence-corrected chi connectivity index (χ1v) is 12.5. The van der Waals surface area contributed by atoms with Crippen molar-refractivity contribution in [3.8, 4) is 0 Å². The molecule has 1 aromatic carbocycles. The van der Waals surface area contributed by atoms with Crippen LogP contribution in [0, 0.1) is 5.92 Å². The van der Waals surface area contributed by atoms with E-state index in [1.807, 2.05) is 44.2 Å². The molecule has 2 aliphatic rings. The van der Waals surface area contributed by atoms with Crippen molar-refractivity contribution in [2.75, 3.05) is 14.2 Å². The first-order chi connectivity index (χ1) is 18.2. The average molecular weight is 525 g/mol. The van der Waals surface area contributed by atoms with Crippen molar-refractivity contribution in [1.82, 2.24) is 20.6 Å². The normalized spacial score (nSPS) is 25.4. The van der Waals surface area contributed by atoms with E-state index in [4.69, 9.17) is 14.0 Å². The molecule has 0 spiro atoms. The molecule has 1 aromatic heterocycles. The second kappa shape index (κ2) is 11.3. The van der Waals surface area contributed by atoms with E-state index in [0.29, 0.717) is 11.2 Å². The van der Waals surface area contributed by atoms with Crippen molar-refractivity contribution in [1.29, 1.82) is 0 Å². The quantitative estimate of drug-likeness (QED) is 0.258. The summed E-state index contributed by atoms with van der Waals surface area (Å²) in [5, 5.41) is 5.73. The number of aromatic nitrogens is 2. The summed E-state index contributed by atoms with van der Waals surface area (Å²) in [6, 6.07) is 7.35. The minimum absolute atomic E-state index is 0.0664. The Bertz CT molecular complexity index is 1190. The number of nitrogens with zero attached hydrogens (tertiary/aromatic N) is 2. The molecule has 3 heterocycles. The number of quaternary nitrogens is 1. The van der Waals surface area contributed by atoms with E-state index in [2.05, 4.69) is 20.6 Å². The fraction of sp³-hybridized carbons (Fsp3) is 0.440. The number of carbonyl (C=O) groups is 4. The van der Waals surface area contributed by atoms with Crippen LogP contribution in [0.1, 0.15) is 36.3 Å². The molecule has 0 radical (unpaired) electrons. The van der Waals surface area contributed by atoms with Crippen molar-refractivity contribution in [2.45, 2.75) is 50.8 Å². The number of amides is 2. The van der Waals surface area contributed by atoms with E-state index >= 15 is 0 Å². The summed E-state index contributed by atoms with van der Waals surface area (Å²) in [6.45, 7) is 1.43. The number of esters is 1. The fourth-order valence-electron chi connectivity index (χ4n) is 5.22. The lowest BCUT2D eigenvalue weighted by Crippen LogP contribution is -3.26. The van der Waals surface area contributed by atoms with Crippen LogP contribution >= 0.6 is 0 Å². The summed E-state index contributed by atoms with van der Waals surface area (Å²) in [7, 11) is 2.93. The van der Waals surface area contributed by atoms with Crippen LogP contribution in [-0.4, -0.2) is 78.7 Å². The largest absolute Gasteiger partial charge is 0.612 e. The van der Waals surface area contributed by atoms with Gasteiger partial charge in [0.15, 0.2) is 12.1 Å². The Hall–Kier alpha value is -3.84. The Morgan fingerprint density at radius 2 is 1.89 bits per heavy atom. The molecule has 2 aliphatic heterocycles. The van der Waals surface area contributed by atoms with Gasteiger partial charge in [-0.2, -0.15) is 0 Å². The van der Waals surface area contributed by atoms with E-state index in [1.165, 1.54) is 25.7 Å². The van der Waals surface area contributed by atoms with Gasteiger partial charge in [-0.15, -0.1) is 0 Å². The molecule has 2 saturated heterocycles. The van der Waals surface area contributed by atoms with Crippen LogP contribution < -0.4 is 15.4 Å². The highest BCUT2D eigenvalue weighted by Crippen LogP contribution is 2.30. The highest BCUT2D eigenvalue weighted by atomic mass is 16.7. The Balaban J connectivity index is 1.61. The SMILES string of the molecule is COC(=O)[C@H]1[C@H]2O[B-]([C@H](CC(C)C)NC(=O)[C@H](Cc3ccccc3)NC(=O)c3cnccn3)(OC2=O)[NH+]1C. The number of benzene rings is 1. The topological polar surface area (TPSA) is 150 Å². The second-order valence-corrected chi connectivity index (χ2v) is 10.1. The van der Waals surface area contributed by atoms with Crippen LogP contribution in [0.25, 0.3) is 0 Å². The molecule has 38 heavy (non-hydrogen) atoms. The van der Waals surface area contributed by atoms with E-state index in [9.17, 15) is 19.2 Å². The van der Waals surface area contributed by atoms with Gasteiger partial charge in [0, 0.05) is 31.8 Å². The molecule has 0 aliphatic carbocycles. The second-order valence-electron chi connectivity index (χ2n) is 10.1. The third-order valence-electron chi connectivity index (χ3n) is 7.04. The standard InChI is InChI=1S/C25H32BN5O7/c1-15(2)12-19(26-31(3)20(24(34)36-4)21(37-26)25(35)38-26)30-22(32)17(13-16-8-6-5-7-9-16)29-23(33)18-14-27-10-11-28-18/h5-11,14-15,17,19-21,31H,12-13H2,1-4H3,(H,29,33)(H,30,32)/t17-,19-,20+,21+,26?/m0/s1. The molecule has 2 amide bonds. The van der Waals surface area contributed by atoms with E-state index in [-0.39, 0.29) is 18.0 Å². The Morgan fingerprint density at radius 1 is 1.16 bits per heavy atom. The Kier molecular flexibility index (Phi) is 8.07. The zero-order valence-corrected chi connectivity index (χ0v) is 21.7. The molecule has 0 saturated carbocycles. The summed E-state index contributed by atoms with van der Waals surface area (Å²) in [5.74, 6) is -3.00. The van der Waals surface area contributed by atoms with Crippen LogP contribution in [0.5, 0.6) is 0 Å². The molecule has 4 rings (SSSR count). The molecule has 6 atom stereocenters. The van der Waals surface area contributed by atoms with Crippen molar-refractivity contribution in [3.63, 3.8) is 0 Å². The lowest BCUT2D eigenvalue weighted by atomic mass is 9.58. The number of rotatable bonds is 10. The Labute approximate surface area is 220 Å². The van der Waals surface area contributed by atoms with Gasteiger partial charge in [-0.1, -0.05) is 50.6 Å². The third kappa shape index (κ3) is 5.39. The lowest BCUT2D eigenvalue weighted by molar-refractivity contribution is -0.799. The Morgan fingerprint density at radius 3 is 2.53 bits per heavy atom. The number of ether oxygens (including phenoxy) is 1. The summed E-state index contributed by atoms with van der Waals surface area (Å²) in [4.78, 5) is 60.2. The molecule has 202 valence electrons. The highest BCUT2D eigenvalue weighted by Gasteiger charge is 2.70. The maximum atomic E-state index is 13.7. The van der Waals surface area contributed by atoms with Gasteiger partial charge >= 0.3 is 12.7 Å². The lowest BCUT2D eigenvalue weighted by Gasteiger charge is -2.43. The summed E-state index contributed by atoms with van der Waals surface area (Å²) >= 11 is 0. The van der Waals surface area contributed by atoms with Gasteiger partial charge in [-0.3, -0.25) is 19.4 Å². The number of nitrogens with one attached hydrogen (secondary N) is 3. The zero-order valence-electron chi connectivity index (χ0n) is 21.7. The van der Waals surface area contributed by atoms with E-state index < -0.39 is 54.6 Å². The molecule has 2 bridgehead atoms. The monoisotopic (exact) mass is 525 g/mol. The summed E-state index contributed by atoms with van der Waals surface area (Å²) in [6.07, 6.45) is 3.62. The predicted octanol–water partition coefficient (Wildman–Crippen LogP) is -1.16. The number of carbonyl (C=O) groups excluding carboxylic acids is 4. The third-order valence-corrected chi connectivity index (χ3v) is 7.04. The number of methoxy groups -OCH3 is 1. The van der Waals surface area contributed by atoms with Crippen molar-refractivity contribution in [2.24, 2.45) is 5.92 Å². The molecular formula is C25H32BN5O7. The molecular weight excluding hydrogens is 493 g/mol. The van der Waals surface area contributed by atoms with Gasteiger partial charge in [-0.25, -0.2) is 9.78 Å². The van der Waals surface area contributed by atoms with Gasteiger partial charge in [0.1, 0.15) is 11.7 Å². The number of fused-ring (bicyclic) bond motifs is 2. The highest BCUT2D eigenvalue weighted by molar-refractivity contribution is 6.65. The summed E-state index contributed by atoms with van der Waals surface area (Å²) < 4.78 is 16.7. The van der Waals surface area contributed by atoms with Crippen molar-refractivity contribution >= 4 is 30.4 Å². The molecule has 2 fully saturated rings. The zero-order chi connectivity index (χ0) is 27.4. The fourth-order valence-corrected chi connectivity index (χ4v) is 5.22. The summed E-state index contributed by atoms with van der Waals surface area (Å²) in [5.41, 5.74) is 0.894. The van der Waals surface area contributed by atoms with Gasteiger partial charge < -0.3 is 29.5 Å². The van der Waals surface area contributed by atoms with Crippen LogP contribution in [0.2, 0.25) is 0 Å². The van der Waals surface area contributed by atoms with Crippen molar-refractivity contribution < 1.29 is 38.0 Å². The molecule has 2 unspecified atom stereocenters. The van der Waals surface area contributed by atoms with Crippen LogP contribution in [0.15, 0.2) is 48.9 Å². The minimum Gasteiger partial charge on any atom is -0.612 e. The maximum absolute atomic E-state index is 13.7. The molecule has 13 heteroatoms. The van der Waals surface area contributed by atoms with Gasteiger partial charge in [0.25, 0.3) is 11.9 Å². The van der Waals surface area contributed by atoms with Crippen LogP contribution in [0.4, 0.5) is 0 Å². The van der Waals surface area contributed by atoms with Crippen LogP contribution in [-0.2, 0) is 34.9 Å². The van der Waals surface area contributed by atoms with Gasteiger partial charge in [-0.05, 0) is 11.5 Å². The molecule has 2 aromatic rings. The van der Waals surface area contributed by atoms with Gasteiger partial charge in [0.05, 0.1) is 13.3 Å². The first kappa shape index (κ1) is 27.2. The van der Waals surface area contributed by atoms with E-state index in [1.54, 1.807) is 7.05 Å². The smallest absolute Gasteiger partial charge is 0.548 e. The maximum Gasteiger partial charge on any atom is 0.548 e. The number of hydrogen-bond donors (Lipinski definition) is 3. The number of hydrogen-bond acceptors (Lipinski definition) is 9. The first-order valence-electron chi connectivity index (χ1n) is 12.5.